The molecule has 6 nitrogen and oxygen atoms in total. The summed E-state index contributed by atoms with van der Waals surface area (Å²) >= 11 is 0. The largest absolute Gasteiger partial charge is 0.507 e. The van der Waals surface area contributed by atoms with E-state index in [1.807, 2.05) is 13.8 Å². The molecule has 1 aliphatic rings. The predicted molar refractivity (Wildman–Crippen MR) is 87.5 cm³/mol. The minimum atomic E-state index is -0.762. The molecule has 1 N–H and O–H groups in total. The van der Waals surface area contributed by atoms with Gasteiger partial charge in [-0.25, -0.2) is 0 Å². The summed E-state index contributed by atoms with van der Waals surface area (Å²) in [4.78, 5) is 23.9. The van der Waals surface area contributed by atoms with Crippen molar-refractivity contribution in [1.29, 1.82) is 0 Å². The molecule has 0 spiro atoms. The first-order chi connectivity index (χ1) is 11.2. The maximum Gasteiger partial charge on any atom is 0.305 e. The van der Waals surface area contributed by atoms with Gasteiger partial charge in [0.05, 0.1) is 0 Å². The Kier molecular flexibility index (Phi) is 3.78. The lowest BCUT2D eigenvalue weighted by Crippen LogP contribution is -2.48. The summed E-state index contributed by atoms with van der Waals surface area (Å²) in [6.07, 6.45) is -0.0342. The molecule has 0 amide bonds. The summed E-state index contributed by atoms with van der Waals surface area (Å²) in [6.45, 7) is 7.02. The van der Waals surface area contributed by atoms with E-state index in [1.165, 1.54) is 6.07 Å². The van der Waals surface area contributed by atoms with Crippen molar-refractivity contribution in [2.45, 2.75) is 52.2 Å². The lowest BCUT2D eigenvalue weighted by atomic mass is 9.89. The summed E-state index contributed by atoms with van der Waals surface area (Å²) in [5.41, 5.74) is -0.355. The Morgan fingerprint density at radius 3 is 2.79 bits per heavy atom. The highest BCUT2D eigenvalue weighted by molar-refractivity contribution is 5.87. The zero-order chi connectivity index (χ0) is 17.6. The number of carbonyl (C=O) groups is 1. The molecular formula is C18H20O6. The van der Waals surface area contributed by atoms with Crippen LogP contribution in [0.1, 0.15) is 38.5 Å². The molecule has 1 atom stereocenters. The molecule has 0 bridgehead atoms. The van der Waals surface area contributed by atoms with Crippen LogP contribution in [0.3, 0.4) is 0 Å². The zero-order valence-corrected chi connectivity index (χ0v) is 14.1. The van der Waals surface area contributed by atoms with Gasteiger partial charge in [-0.3, -0.25) is 9.59 Å². The van der Waals surface area contributed by atoms with Crippen LogP contribution < -0.4 is 10.2 Å². The van der Waals surface area contributed by atoms with E-state index in [0.29, 0.717) is 17.1 Å². The van der Waals surface area contributed by atoms with E-state index in [2.05, 4.69) is 0 Å². The van der Waals surface area contributed by atoms with E-state index in [0.717, 1.165) is 0 Å². The monoisotopic (exact) mass is 332 g/mol. The molecule has 0 aliphatic carbocycles. The SMILES string of the molecule is CCC(=O)O[C@H]1Cc2c(cc3oc(C)cc(=O)c3c2O)OC1(C)C. The number of aryl methyl sites for hydroxylation is 1. The molecule has 1 aromatic carbocycles. The molecule has 3 rings (SSSR count). The van der Waals surface area contributed by atoms with Gasteiger partial charge < -0.3 is 19.0 Å². The van der Waals surface area contributed by atoms with Crippen molar-refractivity contribution in [2.24, 2.45) is 0 Å². The molecule has 2 aromatic rings. The molecule has 0 radical (unpaired) electrons. The molecule has 24 heavy (non-hydrogen) atoms. The normalized spacial score (nSPS) is 18.8. The van der Waals surface area contributed by atoms with Crippen molar-refractivity contribution in [1.82, 2.24) is 0 Å². The minimum Gasteiger partial charge on any atom is -0.507 e. The number of aromatic hydroxyl groups is 1. The first-order valence-corrected chi connectivity index (χ1v) is 7.90. The van der Waals surface area contributed by atoms with Crippen molar-refractivity contribution in [3.63, 3.8) is 0 Å². The van der Waals surface area contributed by atoms with Gasteiger partial charge in [-0.15, -0.1) is 0 Å². The van der Waals surface area contributed by atoms with Gasteiger partial charge >= 0.3 is 5.97 Å². The average Bonchev–Trinajstić information content (AvgIpc) is 2.47. The molecule has 0 saturated carbocycles. The number of benzene rings is 1. The van der Waals surface area contributed by atoms with E-state index >= 15 is 0 Å². The number of ether oxygens (including phenoxy) is 2. The number of rotatable bonds is 2. The molecule has 0 unspecified atom stereocenters. The summed E-state index contributed by atoms with van der Waals surface area (Å²) < 4.78 is 16.9. The van der Waals surface area contributed by atoms with Crippen LogP contribution in [-0.2, 0) is 16.0 Å². The number of hydrogen-bond donors (Lipinski definition) is 1. The third kappa shape index (κ3) is 2.62. The maximum absolute atomic E-state index is 12.2. The molecule has 1 aliphatic heterocycles. The molecule has 128 valence electrons. The van der Waals surface area contributed by atoms with Crippen LogP contribution >= 0.6 is 0 Å². The maximum atomic E-state index is 12.2. The van der Waals surface area contributed by atoms with Gasteiger partial charge in [0.2, 0.25) is 0 Å². The van der Waals surface area contributed by atoms with Crippen molar-refractivity contribution >= 4 is 16.9 Å². The second-order valence-corrected chi connectivity index (χ2v) is 6.54. The Hall–Kier alpha value is -2.50. The van der Waals surface area contributed by atoms with Crippen LogP contribution in [0.5, 0.6) is 11.5 Å². The molecule has 1 aromatic heterocycles. The van der Waals surface area contributed by atoms with E-state index in [1.54, 1.807) is 19.9 Å². The standard InChI is InChI=1S/C18H20O6/c1-5-15(20)23-14-7-10-12(24-18(14,3)4)8-13-16(17(10)21)11(19)6-9(2)22-13/h6,8,14,21H,5,7H2,1-4H3/t14-/m0/s1. The van der Waals surface area contributed by atoms with Gasteiger partial charge in [-0.1, -0.05) is 6.92 Å². The lowest BCUT2D eigenvalue weighted by molar-refractivity contribution is -0.160. The van der Waals surface area contributed by atoms with Crippen molar-refractivity contribution in [3.05, 3.63) is 33.7 Å². The van der Waals surface area contributed by atoms with E-state index in [-0.39, 0.29) is 41.0 Å². The van der Waals surface area contributed by atoms with E-state index < -0.39 is 11.7 Å². The fourth-order valence-electron chi connectivity index (χ4n) is 2.94. The first-order valence-electron chi connectivity index (χ1n) is 7.90. The van der Waals surface area contributed by atoms with Crippen LogP contribution in [-0.4, -0.2) is 22.8 Å². The number of phenols is 1. The molecule has 0 saturated heterocycles. The number of phenolic OH excluding ortho intramolecular Hbond substituents is 1. The van der Waals surface area contributed by atoms with Gasteiger partial charge in [0.15, 0.2) is 5.43 Å². The second-order valence-electron chi connectivity index (χ2n) is 6.54. The molecule has 0 fully saturated rings. The molecule has 6 heteroatoms. The van der Waals surface area contributed by atoms with Crippen LogP contribution in [0.4, 0.5) is 0 Å². The summed E-state index contributed by atoms with van der Waals surface area (Å²) in [7, 11) is 0. The Morgan fingerprint density at radius 2 is 2.12 bits per heavy atom. The molecular weight excluding hydrogens is 312 g/mol. The highest BCUT2D eigenvalue weighted by Gasteiger charge is 2.41. The first kappa shape index (κ1) is 16.4. The third-order valence-corrected chi connectivity index (χ3v) is 4.28. The van der Waals surface area contributed by atoms with Gasteiger partial charge in [0.1, 0.15) is 39.9 Å². The Morgan fingerprint density at radius 1 is 1.42 bits per heavy atom. The van der Waals surface area contributed by atoms with Gasteiger partial charge in [-0.2, -0.15) is 0 Å². The fraction of sp³-hybridized carbons (Fsp3) is 0.444. The Bertz CT molecular complexity index is 877. The highest BCUT2D eigenvalue weighted by Crippen LogP contribution is 2.42. The van der Waals surface area contributed by atoms with Crippen LogP contribution in [0.15, 0.2) is 21.3 Å². The van der Waals surface area contributed by atoms with Crippen molar-refractivity contribution < 1.29 is 23.8 Å². The van der Waals surface area contributed by atoms with Gasteiger partial charge in [0.25, 0.3) is 0 Å². The number of esters is 1. The highest BCUT2D eigenvalue weighted by atomic mass is 16.6. The van der Waals surface area contributed by atoms with Crippen molar-refractivity contribution in [2.75, 3.05) is 0 Å². The molecule has 2 heterocycles. The fourth-order valence-corrected chi connectivity index (χ4v) is 2.94. The summed E-state index contributed by atoms with van der Waals surface area (Å²) in [6, 6.07) is 2.94. The second kappa shape index (κ2) is 5.54. The summed E-state index contributed by atoms with van der Waals surface area (Å²) in [5.74, 6) is 0.374. The number of carbonyl (C=O) groups excluding carboxylic acids is 1. The van der Waals surface area contributed by atoms with E-state index in [9.17, 15) is 14.7 Å². The van der Waals surface area contributed by atoms with Crippen LogP contribution in [0.25, 0.3) is 11.0 Å². The predicted octanol–water partition coefficient (Wildman–Crippen LogP) is 2.84. The smallest absolute Gasteiger partial charge is 0.305 e. The van der Waals surface area contributed by atoms with Crippen LogP contribution in [0, 0.1) is 6.92 Å². The van der Waals surface area contributed by atoms with Gasteiger partial charge in [-0.05, 0) is 20.8 Å². The Balaban J connectivity index is 2.15. The van der Waals surface area contributed by atoms with Gasteiger partial charge in [0, 0.05) is 30.5 Å². The van der Waals surface area contributed by atoms with Crippen LogP contribution in [0.2, 0.25) is 0 Å². The minimum absolute atomic E-state index is 0.114. The average molecular weight is 332 g/mol. The lowest BCUT2D eigenvalue weighted by Gasteiger charge is -2.39. The number of fused-ring (bicyclic) bond motifs is 2. The summed E-state index contributed by atoms with van der Waals surface area (Å²) in [5, 5.41) is 10.7. The van der Waals surface area contributed by atoms with Crippen molar-refractivity contribution in [3.8, 4) is 11.5 Å². The Labute approximate surface area is 139 Å². The number of hydrogen-bond acceptors (Lipinski definition) is 6. The third-order valence-electron chi connectivity index (χ3n) is 4.28. The quantitative estimate of drug-likeness (QED) is 0.851. The topological polar surface area (TPSA) is 86.0 Å². The van der Waals surface area contributed by atoms with E-state index in [4.69, 9.17) is 13.9 Å². The zero-order valence-electron chi connectivity index (χ0n) is 14.1.